The molecule has 0 aliphatic heterocycles. The second-order valence-corrected chi connectivity index (χ2v) is 9.64. The molecule has 3 aromatic rings. The first kappa shape index (κ1) is 27.5. The van der Waals surface area contributed by atoms with Gasteiger partial charge in [-0.25, -0.2) is 18.6 Å². The number of rotatable bonds is 11. The Hall–Kier alpha value is -4.09. The van der Waals surface area contributed by atoms with Gasteiger partial charge < -0.3 is 14.2 Å². The van der Waals surface area contributed by atoms with Crippen LogP contribution in [0.1, 0.15) is 5.56 Å². The maximum atomic E-state index is 13.4. The molecule has 0 atom stereocenters. The third-order valence-corrected chi connectivity index (χ3v) is 6.99. The van der Waals surface area contributed by atoms with Crippen molar-refractivity contribution in [2.45, 2.75) is 4.90 Å². The van der Waals surface area contributed by atoms with Gasteiger partial charge in [0.1, 0.15) is 18.0 Å². The van der Waals surface area contributed by atoms with E-state index >= 15 is 0 Å². The lowest BCUT2D eigenvalue weighted by molar-refractivity contribution is -0.142. The third-order valence-electron chi connectivity index (χ3n) is 4.91. The summed E-state index contributed by atoms with van der Waals surface area (Å²) < 4.78 is 42.6. The number of carbonyl (C=O) groups is 2. The van der Waals surface area contributed by atoms with Crippen LogP contribution in [-0.2, 0) is 24.3 Å². The highest BCUT2D eigenvalue weighted by atomic mass is 35.5. The fourth-order valence-corrected chi connectivity index (χ4v) is 4.73. The van der Waals surface area contributed by atoms with Crippen LogP contribution in [0.15, 0.2) is 82.8 Å². The first-order valence-corrected chi connectivity index (χ1v) is 12.6. The number of hydrazone groups is 1. The van der Waals surface area contributed by atoms with E-state index in [1.165, 1.54) is 50.8 Å². The van der Waals surface area contributed by atoms with Crippen LogP contribution in [0.5, 0.6) is 11.5 Å². The number of nitrogens with one attached hydrogen (secondary N) is 1. The summed E-state index contributed by atoms with van der Waals surface area (Å²) in [6.07, 6.45) is 1.38. The molecule has 0 bridgehead atoms. The molecule has 0 aliphatic rings. The molecule has 3 aromatic carbocycles. The molecule has 0 heterocycles. The van der Waals surface area contributed by atoms with E-state index in [1.807, 2.05) is 0 Å². The van der Waals surface area contributed by atoms with Gasteiger partial charge in [-0.05, 0) is 60.2 Å². The summed E-state index contributed by atoms with van der Waals surface area (Å²) in [6.45, 7) is -0.778. The van der Waals surface area contributed by atoms with Crippen molar-refractivity contribution in [1.82, 2.24) is 5.43 Å². The molecule has 0 aliphatic carbocycles. The minimum absolute atomic E-state index is 0.00718. The van der Waals surface area contributed by atoms with Crippen molar-refractivity contribution >= 4 is 45.4 Å². The second kappa shape index (κ2) is 12.7. The summed E-state index contributed by atoms with van der Waals surface area (Å²) in [4.78, 5) is 23.8. The lowest BCUT2D eigenvalue weighted by Gasteiger charge is -2.24. The molecule has 3 rings (SSSR count). The zero-order valence-corrected chi connectivity index (χ0v) is 21.5. The van der Waals surface area contributed by atoms with Gasteiger partial charge in [0.25, 0.3) is 15.9 Å². The van der Waals surface area contributed by atoms with Crippen LogP contribution >= 0.6 is 11.6 Å². The van der Waals surface area contributed by atoms with E-state index in [0.717, 1.165) is 4.31 Å². The molecule has 0 saturated heterocycles. The Bertz CT molecular complexity index is 1360. The van der Waals surface area contributed by atoms with Crippen molar-refractivity contribution in [3.63, 3.8) is 0 Å². The standard InChI is InChI=1S/C25H24ClN3O7S/c1-34-23-13-10-19(14-22(23)26)29(37(32,33)21-6-4-3-5-7-21)16-24(30)28-27-15-18-8-11-20(12-9-18)36-17-25(31)35-2/h3-15H,16-17H2,1-2H3,(H,28,30)/b27-15-. The van der Waals surface area contributed by atoms with Crippen molar-refractivity contribution in [1.29, 1.82) is 0 Å². The van der Waals surface area contributed by atoms with Gasteiger partial charge in [-0.3, -0.25) is 9.10 Å². The monoisotopic (exact) mass is 545 g/mol. The largest absolute Gasteiger partial charge is 0.495 e. The van der Waals surface area contributed by atoms with Crippen molar-refractivity contribution in [2.75, 3.05) is 31.7 Å². The number of benzene rings is 3. The topological polar surface area (TPSA) is 124 Å². The molecule has 0 spiro atoms. The quantitative estimate of drug-likeness (QED) is 0.223. The van der Waals surface area contributed by atoms with E-state index in [9.17, 15) is 18.0 Å². The second-order valence-electron chi connectivity index (χ2n) is 7.37. The normalized spacial score (nSPS) is 11.1. The predicted octanol–water partition coefficient (Wildman–Crippen LogP) is 3.25. The first-order valence-electron chi connectivity index (χ1n) is 10.8. The van der Waals surface area contributed by atoms with Gasteiger partial charge in [0, 0.05) is 0 Å². The van der Waals surface area contributed by atoms with E-state index in [0.29, 0.717) is 17.1 Å². The zero-order valence-electron chi connectivity index (χ0n) is 20.0. The average Bonchev–Trinajstić information content (AvgIpc) is 2.91. The number of anilines is 1. The number of esters is 1. The van der Waals surface area contributed by atoms with E-state index in [4.69, 9.17) is 21.1 Å². The highest BCUT2D eigenvalue weighted by Gasteiger charge is 2.27. The van der Waals surface area contributed by atoms with Crippen molar-refractivity contribution in [3.8, 4) is 11.5 Å². The summed E-state index contributed by atoms with van der Waals surface area (Å²) >= 11 is 6.21. The number of ether oxygens (including phenoxy) is 3. The Balaban J connectivity index is 1.73. The average molecular weight is 546 g/mol. The molecule has 10 nitrogen and oxygen atoms in total. The third kappa shape index (κ3) is 7.45. The minimum atomic E-state index is -4.11. The van der Waals surface area contributed by atoms with Crippen LogP contribution in [0.2, 0.25) is 5.02 Å². The zero-order chi connectivity index (χ0) is 26.8. The summed E-state index contributed by atoms with van der Waals surface area (Å²) in [5.41, 5.74) is 3.13. The Morgan fingerprint density at radius 3 is 2.35 bits per heavy atom. The Morgan fingerprint density at radius 2 is 1.73 bits per heavy atom. The summed E-state index contributed by atoms with van der Waals surface area (Å²) in [7, 11) is -1.40. The van der Waals surface area contributed by atoms with Crippen LogP contribution in [-0.4, -0.2) is 53.9 Å². The van der Waals surface area contributed by atoms with Gasteiger partial charge in [0.2, 0.25) is 0 Å². The summed E-state index contributed by atoms with van der Waals surface area (Å²) in [5, 5.41) is 4.08. The molecule has 0 saturated carbocycles. The number of amides is 1. The highest BCUT2D eigenvalue weighted by molar-refractivity contribution is 7.92. The van der Waals surface area contributed by atoms with Crippen LogP contribution in [0, 0.1) is 0 Å². The Morgan fingerprint density at radius 1 is 1.03 bits per heavy atom. The summed E-state index contributed by atoms with van der Waals surface area (Å²) in [5.74, 6) is -0.376. The summed E-state index contributed by atoms with van der Waals surface area (Å²) in [6, 6.07) is 18.7. The van der Waals surface area contributed by atoms with Gasteiger partial charge in [-0.1, -0.05) is 29.8 Å². The molecule has 1 amide bonds. The number of methoxy groups -OCH3 is 2. The van der Waals surface area contributed by atoms with E-state index < -0.39 is 28.4 Å². The van der Waals surface area contributed by atoms with Crippen molar-refractivity contribution < 1.29 is 32.2 Å². The molecule has 0 unspecified atom stereocenters. The van der Waals surface area contributed by atoms with Crippen LogP contribution in [0.3, 0.4) is 0 Å². The van der Waals surface area contributed by atoms with Crippen molar-refractivity contribution in [3.05, 3.63) is 83.4 Å². The van der Waals surface area contributed by atoms with Gasteiger partial charge in [0.05, 0.1) is 36.0 Å². The molecular formula is C25H24ClN3O7S. The Labute approximate surface area is 219 Å². The number of hydrogen-bond donors (Lipinski definition) is 1. The maximum Gasteiger partial charge on any atom is 0.343 e. The molecule has 0 aromatic heterocycles. The van der Waals surface area contributed by atoms with Gasteiger partial charge in [-0.15, -0.1) is 0 Å². The molecule has 12 heteroatoms. The number of sulfonamides is 1. The Kier molecular flexibility index (Phi) is 9.47. The smallest absolute Gasteiger partial charge is 0.343 e. The number of nitrogens with zero attached hydrogens (tertiary/aromatic N) is 2. The van der Waals surface area contributed by atoms with Gasteiger partial charge in [0.15, 0.2) is 6.61 Å². The van der Waals surface area contributed by atoms with Crippen LogP contribution in [0.25, 0.3) is 0 Å². The van der Waals surface area contributed by atoms with Crippen LogP contribution < -0.4 is 19.2 Å². The SMILES string of the molecule is COC(=O)COc1ccc(/C=N\NC(=O)CN(c2ccc(OC)c(Cl)c2)S(=O)(=O)c2ccccc2)cc1. The minimum Gasteiger partial charge on any atom is -0.495 e. The number of carbonyl (C=O) groups excluding carboxylic acids is 2. The molecule has 1 N–H and O–H groups in total. The predicted molar refractivity (Wildman–Crippen MR) is 139 cm³/mol. The molecule has 0 radical (unpaired) electrons. The number of hydrogen-bond acceptors (Lipinski definition) is 8. The number of halogens is 1. The van der Waals surface area contributed by atoms with Crippen molar-refractivity contribution in [2.24, 2.45) is 5.10 Å². The van der Waals surface area contributed by atoms with Crippen LogP contribution in [0.4, 0.5) is 5.69 Å². The van der Waals surface area contributed by atoms with Gasteiger partial charge >= 0.3 is 5.97 Å². The van der Waals surface area contributed by atoms with E-state index in [1.54, 1.807) is 42.5 Å². The molecule has 37 heavy (non-hydrogen) atoms. The lowest BCUT2D eigenvalue weighted by atomic mass is 10.2. The maximum absolute atomic E-state index is 13.4. The molecule has 194 valence electrons. The molecular weight excluding hydrogens is 522 g/mol. The fraction of sp³-hybridized carbons (Fsp3) is 0.160. The molecule has 0 fully saturated rings. The fourth-order valence-electron chi connectivity index (χ4n) is 3.04. The van der Waals surface area contributed by atoms with E-state index in [2.05, 4.69) is 15.3 Å². The highest BCUT2D eigenvalue weighted by Crippen LogP contribution is 2.31. The first-order chi connectivity index (χ1) is 17.7. The van der Waals surface area contributed by atoms with Gasteiger partial charge in [-0.2, -0.15) is 5.10 Å². The lowest BCUT2D eigenvalue weighted by Crippen LogP contribution is -2.39. The van der Waals surface area contributed by atoms with E-state index in [-0.39, 0.29) is 22.2 Å².